The third-order valence-electron chi connectivity index (χ3n) is 1.81. The van der Waals surface area contributed by atoms with Gasteiger partial charge in [-0.25, -0.2) is 14.4 Å². The van der Waals surface area contributed by atoms with Gasteiger partial charge in [0.15, 0.2) is 11.6 Å². The Kier molecular flexibility index (Phi) is 1.99. The number of anilines is 1. The summed E-state index contributed by atoms with van der Waals surface area (Å²) in [5, 5.41) is 9.23. The number of nitrogen functional groups attached to an aromatic ring is 1. The number of phenolic OH excluding ortho intramolecular Hbond substituents is 1. The van der Waals surface area contributed by atoms with Crippen LogP contribution in [0, 0.1) is 5.82 Å². The fourth-order valence-electron chi connectivity index (χ4n) is 1.18. The maximum absolute atomic E-state index is 13.4. The molecule has 1 aromatic carbocycles. The van der Waals surface area contributed by atoms with E-state index in [0.717, 1.165) is 0 Å². The maximum Gasteiger partial charge on any atom is 0.177 e. The van der Waals surface area contributed by atoms with Crippen molar-refractivity contribution in [2.75, 3.05) is 5.73 Å². The Morgan fingerprint density at radius 1 is 1.43 bits per heavy atom. The van der Waals surface area contributed by atoms with Crippen LogP contribution in [0.3, 0.4) is 0 Å². The molecule has 0 aliphatic heterocycles. The van der Waals surface area contributed by atoms with E-state index in [9.17, 15) is 9.50 Å². The Morgan fingerprint density at radius 2 is 2.14 bits per heavy atom. The number of hydrogen-bond donors (Lipinski definition) is 2. The van der Waals surface area contributed by atoms with E-state index in [4.69, 9.17) is 5.73 Å². The lowest BCUT2D eigenvalue weighted by atomic mass is 10.2. The molecule has 0 atom stereocenters. The van der Waals surface area contributed by atoms with E-state index in [1.54, 1.807) is 0 Å². The number of nitrogens with two attached hydrogens (primary N) is 1. The molecule has 0 aliphatic rings. The number of aromatic nitrogens is 2. The number of nitrogens with zero attached hydrogens (tertiary/aromatic N) is 2. The molecule has 6 heteroatoms. The zero-order chi connectivity index (χ0) is 10.3. The first-order valence-corrected chi connectivity index (χ1v) is 4.47. The van der Waals surface area contributed by atoms with Crippen LogP contribution in [0.15, 0.2) is 16.9 Å². The van der Waals surface area contributed by atoms with Gasteiger partial charge >= 0.3 is 0 Å². The molecule has 0 saturated carbocycles. The van der Waals surface area contributed by atoms with Crippen molar-refractivity contribution in [3.05, 3.63) is 22.7 Å². The van der Waals surface area contributed by atoms with Crippen molar-refractivity contribution in [2.24, 2.45) is 0 Å². The van der Waals surface area contributed by atoms with Gasteiger partial charge in [-0.2, -0.15) is 0 Å². The lowest BCUT2D eigenvalue weighted by molar-refractivity contribution is 0.435. The van der Waals surface area contributed by atoms with Gasteiger partial charge in [0.25, 0.3) is 0 Å². The minimum Gasteiger partial charge on any atom is -0.505 e. The number of rotatable bonds is 0. The van der Waals surface area contributed by atoms with Crippen molar-refractivity contribution >= 4 is 32.7 Å². The van der Waals surface area contributed by atoms with Gasteiger partial charge in [-0.05, 0) is 22.0 Å². The number of hydrogen-bond acceptors (Lipinski definition) is 4. The summed E-state index contributed by atoms with van der Waals surface area (Å²) in [6, 6.07) is 1.23. The molecule has 0 aliphatic carbocycles. The maximum atomic E-state index is 13.4. The molecule has 3 N–H and O–H groups in total. The van der Waals surface area contributed by atoms with Crippen molar-refractivity contribution in [2.45, 2.75) is 0 Å². The summed E-state index contributed by atoms with van der Waals surface area (Å²) in [5.41, 5.74) is 5.81. The Balaban J connectivity index is 3.03. The van der Waals surface area contributed by atoms with Crippen LogP contribution < -0.4 is 5.73 Å². The second-order valence-corrected chi connectivity index (χ2v) is 3.53. The van der Waals surface area contributed by atoms with E-state index in [2.05, 4.69) is 25.9 Å². The molecule has 0 spiro atoms. The van der Waals surface area contributed by atoms with Crippen LogP contribution in [0.2, 0.25) is 0 Å². The summed E-state index contributed by atoms with van der Waals surface area (Å²) in [7, 11) is 0. The molecule has 72 valence electrons. The Morgan fingerprint density at radius 3 is 2.86 bits per heavy atom. The summed E-state index contributed by atoms with van der Waals surface area (Å²) in [5.74, 6) is -1.28. The standard InChI is InChI=1S/C8H5BrFN3O/c9-3-1-4(14)6(10)5-7(3)12-2-13-8(5)11/h1-2,14H,(H2,11,12,13). The number of halogens is 2. The van der Waals surface area contributed by atoms with E-state index in [-0.39, 0.29) is 11.2 Å². The van der Waals surface area contributed by atoms with Crippen LogP contribution in [-0.4, -0.2) is 15.1 Å². The summed E-state index contributed by atoms with van der Waals surface area (Å²) in [6.45, 7) is 0. The lowest BCUT2D eigenvalue weighted by Crippen LogP contribution is -1.96. The molecule has 0 saturated heterocycles. The highest BCUT2D eigenvalue weighted by atomic mass is 79.9. The van der Waals surface area contributed by atoms with Gasteiger partial charge in [-0.1, -0.05) is 0 Å². The topological polar surface area (TPSA) is 72.0 Å². The normalized spacial score (nSPS) is 10.7. The summed E-state index contributed by atoms with van der Waals surface area (Å²) < 4.78 is 13.9. The Hall–Kier alpha value is -1.43. The van der Waals surface area contributed by atoms with Crippen molar-refractivity contribution in [1.82, 2.24) is 9.97 Å². The quantitative estimate of drug-likeness (QED) is 0.755. The SMILES string of the molecule is Nc1ncnc2c(Br)cc(O)c(F)c12. The summed E-state index contributed by atoms with van der Waals surface area (Å²) >= 11 is 3.14. The lowest BCUT2D eigenvalue weighted by Gasteiger charge is -2.04. The average molecular weight is 258 g/mol. The van der Waals surface area contributed by atoms with Crippen LogP contribution in [0.5, 0.6) is 5.75 Å². The first kappa shape index (κ1) is 9.14. The molecule has 1 aromatic heterocycles. The zero-order valence-corrected chi connectivity index (χ0v) is 8.42. The van der Waals surface area contributed by atoms with Crippen LogP contribution in [0.25, 0.3) is 10.9 Å². The monoisotopic (exact) mass is 257 g/mol. The first-order chi connectivity index (χ1) is 6.61. The van der Waals surface area contributed by atoms with Crippen LogP contribution in [0.4, 0.5) is 10.2 Å². The predicted octanol–water partition coefficient (Wildman–Crippen LogP) is 1.82. The van der Waals surface area contributed by atoms with Gasteiger partial charge in [0, 0.05) is 4.47 Å². The minimum absolute atomic E-state index is 0.00380. The van der Waals surface area contributed by atoms with Gasteiger partial charge in [0.1, 0.15) is 12.1 Å². The first-order valence-electron chi connectivity index (χ1n) is 3.68. The van der Waals surface area contributed by atoms with Crippen molar-refractivity contribution < 1.29 is 9.50 Å². The molecule has 1 heterocycles. The van der Waals surface area contributed by atoms with Gasteiger partial charge in [0.05, 0.1) is 10.9 Å². The van der Waals surface area contributed by atoms with Crippen LogP contribution >= 0.6 is 15.9 Å². The van der Waals surface area contributed by atoms with Crippen molar-refractivity contribution in [1.29, 1.82) is 0 Å². The summed E-state index contributed by atoms with van der Waals surface area (Å²) in [4.78, 5) is 7.50. The third kappa shape index (κ3) is 1.19. The van der Waals surface area contributed by atoms with Gasteiger partial charge in [0.2, 0.25) is 0 Å². The molecule has 2 aromatic rings. The third-order valence-corrected chi connectivity index (χ3v) is 2.42. The zero-order valence-electron chi connectivity index (χ0n) is 6.83. The van der Waals surface area contributed by atoms with Gasteiger partial charge in [-0.3, -0.25) is 0 Å². The van der Waals surface area contributed by atoms with E-state index < -0.39 is 11.6 Å². The molecular formula is C8H5BrFN3O. The molecule has 2 rings (SSSR count). The fraction of sp³-hybridized carbons (Fsp3) is 0. The molecule has 0 fully saturated rings. The second-order valence-electron chi connectivity index (χ2n) is 2.67. The fourth-order valence-corrected chi connectivity index (χ4v) is 1.69. The van der Waals surface area contributed by atoms with Crippen LogP contribution in [0.1, 0.15) is 0 Å². The Bertz CT molecular complexity index is 517. The largest absolute Gasteiger partial charge is 0.505 e. The van der Waals surface area contributed by atoms with Gasteiger partial charge < -0.3 is 10.8 Å². The average Bonchev–Trinajstić information content (AvgIpc) is 2.14. The number of benzene rings is 1. The second kappa shape index (κ2) is 3.06. The molecule has 14 heavy (non-hydrogen) atoms. The smallest absolute Gasteiger partial charge is 0.177 e. The van der Waals surface area contributed by atoms with Gasteiger partial charge in [-0.15, -0.1) is 0 Å². The Labute approximate surface area is 86.7 Å². The molecule has 0 radical (unpaired) electrons. The molecule has 4 nitrogen and oxygen atoms in total. The molecule has 0 bridgehead atoms. The van der Waals surface area contributed by atoms with E-state index >= 15 is 0 Å². The predicted molar refractivity (Wildman–Crippen MR) is 53.3 cm³/mol. The molecule has 0 unspecified atom stereocenters. The number of fused-ring (bicyclic) bond motifs is 1. The summed E-state index contributed by atoms with van der Waals surface area (Å²) in [6.07, 6.45) is 1.24. The van der Waals surface area contributed by atoms with Crippen molar-refractivity contribution in [3.63, 3.8) is 0 Å². The van der Waals surface area contributed by atoms with E-state index in [0.29, 0.717) is 9.99 Å². The highest BCUT2D eigenvalue weighted by molar-refractivity contribution is 9.10. The van der Waals surface area contributed by atoms with E-state index in [1.807, 2.05) is 0 Å². The van der Waals surface area contributed by atoms with Crippen LogP contribution in [-0.2, 0) is 0 Å². The highest BCUT2D eigenvalue weighted by Crippen LogP contribution is 2.32. The molecule has 0 amide bonds. The highest BCUT2D eigenvalue weighted by Gasteiger charge is 2.14. The van der Waals surface area contributed by atoms with Crippen molar-refractivity contribution in [3.8, 4) is 5.75 Å². The number of aromatic hydroxyl groups is 1. The molecular weight excluding hydrogens is 253 g/mol. The number of phenols is 1. The van der Waals surface area contributed by atoms with E-state index in [1.165, 1.54) is 12.4 Å². The minimum atomic E-state index is -0.804.